The molecular formula is C38H34S6. The van der Waals surface area contributed by atoms with Crippen molar-refractivity contribution in [2.75, 3.05) is 0 Å². The van der Waals surface area contributed by atoms with Gasteiger partial charge in [0.25, 0.3) is 0 Å². The Bertz CT molecular complexity index is 2060. The fraction of sp³-hybridized carbons (Fsp3) is 0.263. The van der Waals surface area contributed by atoms with E-state index in [0.717, 1.165) is 0 Å². The molecule has 8 aromatic rings. The maximum absolute atomic E-state index is 2.46. The Hall–Kier alpha value is -2.32. The van der Waals surface area contributed by atoms with Gasteiger partial charge in [-0.25, -0.2) is 0 Å². The number of thiophene rings is 6. The molecular weight excluding hydrogens is 649 g/mol. The second-order valence-corrected chi connectivity index (χ2v) is 18.3. The second-order valence-electron chi connectivity index (χ2n) is 11.7. The minimum absolute atomic E-state index is 1.21. The predicted molar refractivity (Wildman–Crippen MR) is 206 cm³/mol. The Labute approximate surface area is 283 Å². The van der Waals surface area contributed by atoms with E-state index in [9.17, 15) is 0 Å². The lowest BCUT2D eigenvalue weighted by molar-refractivity contribution is 0.723. The van der Waals surface area contributed by atoms with Gasteiger partial charge in [0.2, 0.25) is 0 Å². The van der Waals surface area contributed by atoms with Crippen LogP contribution >= 0.6 is 68.0 Å². The highest BCUT2D eigenvalue weighted by molar-refractivity contribution is 7.30. The van der Waals surface area contributed by atoms with Crippen molar-refractivity contribution in [1.29, 1.82) is 0 Å². The Morgan fingerprint density at radius 2 is 0.727 bits per heavy atom. The average Bonchev–Trinajstić information content (AvgIpc) is 3.85. The van der Waals surface area contributed by atoms with Crippen molar-refractivity contribution in [3.63, 3.8) is 0 Å². The summed E-state index contributed by atoms with van der Waals surface area (Å²) in [6.07, 6.45) is 10.2. The molecule has 0 amide bonds. The van der Waals surface area contributed by atoms with Gasteiger partial charge in [0, 0.05) is 79.4 Å². The molecule has 0 atom stereocenters. The molecule has 2 aromatic carbocycles. The lowest BCUT2D eigenvalue weighted by Crippen LogP contribution is -1.78. The number of benzene rings is 2. The molecule has 0 spiro atoms. The van der Waals surface area contributed by atoms with Crippen LogP contribution in [0, 0.1) is 0 Å². The summed E-state index contributed by atoms with van der Waals surface area (Å²) in [6.45, 7) is 4.57. The first-order chi connectivity index (χ1) is 21.7. The summed E-state index contributed by atoms with van der Waals surface area (Å²) in [7, 11) is 0. The summed E-state index contributed by atoms with van der Waals surface area (Å²) in [5.74, 6) is 0. The first-order valence-corrected chi connectivity index (χ1v) is 20.7. The topological polar surface area (TPSA) is 0 Å². The molecule has 0 aliphatic rings. The average molecular weight is 683 g/mol. The molecule has 6 heterocycles. The van der Waals surface area contributed by atoms with Gasteiger partial charge in [-0.2, -0.15) is 0 Å². The van der Waals surface area contributed by atoms with E-state index in [0.29, 0.717) is 0 Å². The van der Waals surface area contributed by atoms with Crippen LogP contribution in [0.1, 0.15) is 62.1 Å². The number of hydrogen-bond donors (Lipinski definition) is 0. The molecule has 0 unspecified atom stereocenters. The zero-order valence-corrected chi connectivity index (χ0v) is 29.9. The minimum atomic E-state index is 1.21. The van der Waals surface area contributed by atoms with Gasteiger partial charge in [0.15, 0.2) is 0 Å². The van der Waals surface area contributed by atoms with E-state index in [1.54, 1.807) is 0 Å². The van der Waals surface area contributed by atoms with Crippen molar-refractivity contribution in [3.8, 4) is 29.3 Å². The zero-order valence-electron chi connectivity index (χ0n) is 25.0. The summed E-state index contributed by atoms with van der Waals surface area (Å²) in [4.78, 5) is 11.3. The molecule has 8 rings (SSSR count). The number of fused-ring (bicyclic) bond motifs is 6. The first kappa shape index (κ1) is 29.1. The minimum Gasteiger partial charge on any atom is -0.140 e. The highest BCUT2D eigenvalue weighted by Crippen LogP contribution is 2.47. The number of unbranched alkanes of at least 4 members (excludes halogenated alkanes) is 4. The number of hydrogen-bond acceptors (Lipinski definition) is 6. The van der Waals surface area contributed by atoms with E-state index in [1.807, 2.05) is 68.0 Å². The summed E-state index contributed by atoms with van der Waals surface area (Å²) in [5.41, 5.74) is 0. The monoisotopic (exact) mass is 682 g/mol. The van der Waals surface area contributed by atoms with Crippen molar-refractivity contribution < 1.29 is 0 Å². The third-order valence-corrected chi connectivity index (χ3v) is 15.8. The lowest BCUT2D eigenvalue weighted by Gasteiger charge is -1.94. The van der Waals surface area contributed by atoms with Crippen LogP contribution in [0.2, 0.25) is 0 Å². The number of rotatable bonds is 11. The summed E-state index contributed by atoms with van der Waals surface area (Å²) >= 11 is 11.7. The van der Waals surface area contributed by atoms with E-state index < -0.39 is 0 Å². The molecule has 222 valence electrons. The normalized spacial score (nSPS) is 12.1. The third-order valence-electron chi connectivity index (χ3n) is 8.49. The molecule has 44 heavy (non-hydrogen) atoms. The largest absolute Gasteiger partial charge is 0.140 e. The van der Waals surface area contributed by atoms with Gasteiger partial charge in [-0.05, 0) is 98.5 Å². The van der Waals surface area contributed by atoms with Gasteiger partial charge >= 0.3 is 0 Å². The van der Waals surface area contributed by atoms with Crippen molar-refractivity contribution >= 4 is 108 Å². The molecule has 6 heteroatoms. The predicted octanol–water partition coefficient (Wildman–Crippen LogP) is 15.1. The summed E-state index contributed by atoms with van der Waals surface area (Å²) < 4.78 is 5.66. The summed E-state index contributed by atoms with van der Waals surface area (Å²) in [6, 6.07) is 28.5. The lowest BCUT2D eigenvalue weighted by atomic mass is 10.1. The van der Waals surface area contributed by atoms with Crippen molar-refractivity contribution in [2.45, 2.75) is 65.2 Å². The molecule has 0 radical (unpaired) electrons. The Morgan fingerprint density at radius 3 is 1.14 bits per heavy atom. The van der Waals surface area contributed by atoms with Gasteiger partial charge in [-0.15, -0.1) is 68.0 Å². The van der Waals surface area contributed by atoms with Gasteiger partial charge in [-0.1, -0.05) is 39.5 Å². The molecule has 0 fully saturated rings. The van der Waals surface area contributed by atoms with Gasteiger partial charge in [0.1, 0.15) is 0 Å². The van der Waals surface area contributed by atoms with Crippen LogP contribution in [-0.2, 0) is 12.8 Å². The molecule has 0 aliphatic heterocycles. The van der Waals surface area contributed by atoms with Crippen LogP contribution in [0.25, 0.3) is 69.6 Å². The molecule has 0 nitrogen and oxygen atoms in total. The van der Waals surface area contributed by atoms with E-state index in [2.05, 4.69) is 86.6 Å². The maximum Gasteiger partial charge on any atom is 0.0455 e. The summed E-state index contributed by atoms with van der Waals surface area (Å²) in [5, 5.41) is 5.73. The van der Waals surface area contributed by atoms with Crippen LogP contribution < -0.4 is 0 Å². The molecule has 0 aliphatic carbocycles. The van der Waals surface area contributed by atoms with E-state index in [1.165, 1.54) is 131 Å². The molecule has 6 aromatic heterocycles. The standard InChI is InChI=1S/C38H34S6/c1-3-5-7-9-23-19-25-27-21-37(41-31(27)13-11-29(25)39-23)35-17-15-33(43-35)34-16-18-36(44-34)38-22-28-26-20-24(10-8-6-4-2)40-30(26)12-14-32(28)42-38/h11-22H,3-10H2,1-2H3. The van der Waals surface area contributed by atoms with Crippen LogP contribution in [0.15, 0.2) is 72.8 Å². The van der Waals surface area contributed by atoms with Crippen LogP contribution in [0.3, 0.4) is 0 Å². The molecule has 0 bridgehead atoms. The highest BCUT2D eigenvalue weighted by Gasteiger charge is 2.15. The highest BCUT2D eigenvalue weighted by atomic mass is 32.1. The van der Waals surface area contributed by atoms with Crippen molar-refractivity contribution in [3.05, 3.63) is 82.6 Å². The quantitative estimate of drug-likeness (QED) is 0.119. The van der Waals surface area contributed by atoms with E-state index >= 15 is 0 Å². The molecule has 0 saturated carbocycles. The molecule has 0 N–H and O–H groups in total. The molecule has 0 saturated heterocycles. The van der Waals surface area contributed by atoms with Crippen molar-refractivity contribution in [2.24, 2.45) is 0 Å². The van der Waals surface area contributed by atoms with Crippen LogP contribution in [0.4, 0.5) is 0 Å². The fourth-order valence-corrected chi connectivity index (χ4v) is 12.8. The van der Waals surface area contributed by atoms with Crippen molar-refractivity contribution in [1.82, 2.24) is 0 Å². The Kier molecular flexibility index (Phi) is 8.25. The first-order valence-electron chi connectivity index (χ1n) is 15.8. The fourth-order valence-electron chi connectivity index (χ4n) is 6.16. The SMILES string of the molecule is CCCCCc1cc2c(ccc3sc(-c4ccc(-c5ccc(-c6cc7c(ccc8sc(CCCCC)cc87)s6)s5)s4)cc32)s1. The Balaban J connectivity index is 1.05. The third kappa shape index (κ3) is 5.52. The number of aryl methyl sites for hydroxylation is 2. The second kappa shape index (κ2) is 12.5. The van der Waals surface area contributed by atoms with Crippen LogP contribution in [-0.4, -0.2) is 0 Å². The van der Waals surface area contributed by atoms with Crippen LogP contribution in [0.5, 0.6) is 0 Å². The zero-order chi connectivity index (χ0) is 29.6. The van der Waals surface area contributed by atoms with E-state index in [4.69, 9.17) is 0 Å². The van der Waals surface area contributed by atoms with E-state index in [-0.39, 0.29) is 0 Å². The van der Waals surface area contributed by atoms with Gasteiger partial charge in [-0.3, -0.25) is 0 Å². The smallest absolute Gasteiger partial charge is 0.0455 e. The van der Waals surface area contributed by atoms with Gasteiger partial charge < -0.3 is 0 Å². The maximum atomic E-state index is 2.46. The van der Waals surface area contributed by atoms with Gasteiger partial charge in [0.05, 0.1) is 0 Å². The Morgan fingerprint density at radius 1 is 0.364 bits per heavy atom.